The minimum atomic E-state index is -0.377. The van der Waals surface area contributed by atoms with Crippen LogP contribution in [0.15, 0.2) is 54.6 Å². The number of piperidine rings is 1. The minimum Gasteiger partial charge on any atom is -0.497 e. The maximum absolute atomic E-state index is 12.6. The van der Waals surface area contributed by atoms with Gasteiger partial charge in [0.25, 0.3) is 0 Å². The Morgan fingerprint density at radius 1 is 1.18 bits per heavy atom. The van der Waals surface area contributed by atoms with Crippen LogP contribution in [0.5, 0.6) is 5.75 Å². The zero-order chi connectivity index (χ0) is 19.6. The van der Waals surface area contributed by atoms with Crippen LogP contribution >= 0.6 is 0 Å². The lowest BCUT2D eigenvalue weighted by Crippen LogP contribution is -2.48. The quantitative estimate of drug-likeness (QED) is 0.848. The highest BCUT2D eigenvalue weighted by atomic mass is 16.7. The van der Waals surface area contributed by atoms with Gasteiger partial charge in [0.15, 0.2) is 0 Å². The molecule has 2 heterocycles. The molecular weight excluding hydrogens is 354 g/mol. The molecule has 6 nitrogen and oxygen atoms in total. The molecule has 2 N–H and O–H groups in total. The molecule has 2 aliphatic heterocycles. The Hall–Kier alpha value is -2.99. The van der Waals surface area contributed by atoms with Gasteiger partial charge in [0.2, 0.25) is 0 Å². The van der Waals surface area contributed by atoms with Gasteiger partial charge in [0, 0.05) is 37.2 Å². The molecule has 0 aliphatic carbocycles. The number of likely N-dealkylation sites (tertiary alicyclic amines) is 1. The summed E-state index contributed by atoms with van der Waals surface area (Å²) in [6.07, 6.45) is 3.63. The molecule has 2 aromatic rings. The highest BCUT2D eigenvalue weighted by molar-refractivity contribution is 5.90. The molecule has 1 fully saturated rings. The van der Waals surface area contributed by atoms with E-state index in [2.05, 4.69) is 16.9 Å². The van der Waals surface area contributed by atoms with Crippen molar-refractivity contribution in [2.24, 2.45) is 0 Å². The molecule has 1 spiro atoms. The molecule has 28 heavy (non-hydrogen) atoms. The van der Waals surface area contributed by atoms with Crippen LogP contribution in [0.25, 0.3) is 5.70 Å². The van der Waals surface area contributed by atoms with E-state index in [0.29, 0.717) is 13.1 Å². The van der Waals surface area contributed by atoms with Crippen LogP contribution in [0, 0.1) is 6.92 Å². The lowest BCUT2D eigenvalue weighted by molar-refractivity contribution is -0.0634. The number of amides is 2. The smallest absolute Gasteiger partial charge is 0.321 e. The topological polar surface area (TPSA) is 62.8 Å². The Bertz CT molecular complexity index is 901. The standard InChI is InChI=1S/C22H25N3O3/c1-16-6-3-4-9-19(16)23-21(26)25-12-10-22(11-13-25)15-20(24-28-22)17-7-5-8-18(14-17)27-2/h3-9,14-15,24H,10-13H2,1-2H3,(H,23,26). The Kier molecular flexibility index (Phi) is 4.96. The first-order valence-electron chi connectivity index (χ1n) is 9.51. The van der Waals surface area contributed by atoms with E-state index in [9.17, 15) is 4.79 Å². The van der Waals surface area contributed by atoms with Gasteiger partial charge >= 0.3 is 6.03 Å². The van der Waals surface area contributed by atoms with E-state index in [4.69, 9.17) is 9.57 Å². The minimum absolute atomic E-state index is 0.0629. The number of nitrogens with one attached hydrogen (secondary N) is 2. The summed E-state index contributed by atoms with van der Waals surface area (Å²) in [5.74, 6) is 0.809. The van der Waals surface area contributed by atoms with Crippen molar-refractivity contribution in [1.29, 1.82) is 0 Å². The summed E-state index contributed by atoms with van der Waals surface area (Å²) < 4.78 is 5.30. The van der Waals surface area contributed by atoms with E-state index in [1.807, 2.05) is 60.4 Å². The predicted octanol–water partition coefficient (Wildman–Crippen LogP) is 3.95. The van der Waals surface area contributed by atoms with Crippen molar-refractivity contribution >= 4 is 17.4 Å². The molecule has 2 amide bonds. The molecule has 4 rings (SSSR count). The highest BCUT2D eigenvalue weighted by Gasteiger charge is 2.40. The molecule has 2 aromatic carbocycles. The number of anilines is 1. The third-order valence-electron chi connectivity index (χ3n) is 5.44. The van der Waals surface area contributed by atoms with Gasteiger partial charge in [-0.05, 0) is 36.8 Å². The number of benzene rings is 2. The van der Waals surface area contributed by atoms with Gasteiger partial charge in [-0.1, -0.05) is 30.3 Å². The Morgan fingerprint density at radius 2 is 1.96 bits per heavy atom. The number of hydrogen-bond donors (Lipinski definition) is 2. The number of urea groups is 1. The number of nitrogens with zero attached hydrogens (tertiary/aromatic N) is 1. The molecule has 2 aliphatic rings. The summed E-state index contributed by atoms with van der Waals surface area (Å²) in [5, 5.41) is 3.01. The fraction of sp³-hybridized carbons (Fsp3) is 0.318. The van der Waals surface area contributed by atoms with Crippen LogP contribution in [0.3, 0.4) is 0 Å². The zero-order valence-corrected chi connectivity index (χ0v) is 16.2. The summed E-state index contributed by atoms with van der Waals surface area (Å²) in [6.45, 7) is 3.27. The summed E-state index contributed by atoms with van der Waals surface area (Å²) >= 11 is 0. The average Bonchev–Trinajstić information content (AvgIpc) is 3.14. The van der Waals surface area contributed by atoms with Crippen molar-refractivity contribution < 1.29 is 14.4 Å². The predicted molar refractivity (Wildman–Crippen MR) is 109 cm³/mol. The molecule has 0 radical (unpaired) electrons. The van der Waals surface area contributed by atoms with Crippen LogP contribution < -0.4 is 15.5 Å². The summed E-state index contributed by atoms with van der Waals surface area (Å²) in [5.41, 5.74) is 6.56. The maximum atomic E-state index is 12.6. The first-order chi connectivity index (χ1) is 13.6. The van der Waals surface area contributed by atoms with Crippen LogP contribution in [-0.2, 0) is 4.84 Å². The molecule has 6 heteroatoms. The van der Waals surface area contributed by atoms with Gasteiger partial charge in [0.05, 0.1) is 12.8 Å². The molecule has 0 saturated carbocycles. The lowest BCUT2D eigenvalue weighted by Gasteiger charge is -2.36. The van der Waals surface area contributed by atoms with Gasteiger partial charge < -0.3 is 15.0 Å². The monoisotopic (exact) mass is 379 g/mol. The lowest BCUT2D eigenvalue weighted by atomic mass is 9.90. The number of rotatable bonds is 3. The van der Waals surface area contributed by atoms with Crippen LogP contribution in [0.4, 0.5) is 10.5 Å². The van der Waals surface area contributed by atoms with Crippen molar-refractivity contribution in [1.82, 2.24) is 10.4 Å². The average molecular weight is 379 g/mol. The van der Waals surface area contributed by atoms with Crippen molar-refractivity contribution in [3.8, 4) is 5.75 Å². The number of methoxy groups -OCH3 is 1. The molecule has 0 aromatic heterocycles. The SMILES string of the molecule is COc1cccc(C2=CC3(CCN(C(=O)Nc4ccccc4C)CC3)ON2)c1. The van der Waals surface area contributed by atoms with Crippen molar-refractivity contribution in [3.63, 3.8) is 0 Å². The van der Waals surface area contributed by atoms with E-state index in [0.717, 1.165) is 41.1 Å². The molecule has 0 atom stereocenters. The van der Waals surface area contributed by atoms with Gasteiger partial charge in [0.1, 0.15) is 11.4 Å². The number of hydrogen-bond acceptors (Lipinski definition) is 4. The van der Waals surface area contributed by atoms with Gasteiger partial charge in [-0.3, -0.25) is 10.3 Å². The van der Waals surface area contributed by atoms with Crippen LogP contribution in [-0.4, -0.2) is 36.7 Å². The van der Waals surface area contributed by atoms with E-state index in [-0.39, 0.29) is 11.6 Å². The zero-order valence-electron chi connectivity index (χ0n) is 16.2. The number of carbonyl (C=O) groups excluding carboxylic acids is 1. The molecule has 146 valence electrons. The normalized spacial score (nSPS) is 17.8. The largest absolute Gasteiger partial charge is 0.497 e. The van der Waals surface area contributed by atoms with Gasteiger partial charge in [-0.25, -0.2) is 4.79 Å². The van der Waals surface area contributed by atoms with E-state index in [1.165, 1.54) is 0 Å². The van der Waals surface area contributed by atoms with Crippen LogP contribution in [0.2, 0.25) is 0 Å². The number of ether oxygens (including phenoxy) is 1. The maximum Gasteiger partial charge on any atom is 0.321 e. The van der Waals surface area contributed by atoms with Crippen molar-refractivity contribution in [2.75, 3.05) is 25.5 Å². The fourth-order valence-corrected chi connectivity index (χ4v) is 3.65. The van der Waals surface area contributed by atoms with E-state index in [1.54, 1.807) is 7.11 Å². The molecule has 1 saturated heterocycles. The number of carbonyl (C=O) groups is 1. The highest BCUT2D eigenvalue weighted by Crippen LogP contribution is 2.35. The first kappa shape index (κ1) is 18.4. The van der Waals surface area contributed by atoms with Crippen molar-refractivity contribution in [3.05, 3.63) is 65.7 Å². The number of aryl methyl sites for hydroxylation is 1. The first-order valence-corrected chi connectivity index (χ1v) is 9.51. The summed E-state index contributed by atoms with van der Waals surface area (Å²) in [6, 6.07) is 15.6. The Balaban J connectivity index is 1.40. The van der Waals surface area contributed by atoms with E-state index >= 15 is 0 Å². The van der Waals surface area contributed by atoms with Gasteiger partial charge in [-0.15, -0.1) is 0 Å². The van der Waals surface area contributed by atoms with Crippen LogP contribution in [0.1, 0.15) is 24.0 Å². The second kappa shape index (κ2) is 7.56. The van der Waals surface area contributed by atoms with Gasteiger partial charge in [-0.2, -0.15) is 0 Å². The molecule has 0 bridgehead atoms. The number of hydroxylamine groups is 1. The summed E-state index contributed by atoms with van der Waals surface area (Å²) in [4.78, 5) is 20.4. The van der Waals surface area contributed by atoms with E-state index < -0.39 is 0 Å². The second-order valence-electron chi connectivity index (χ2n) is 7.29. The third-order valence-corrected chi connectivity index (χ3v) is 5.44. The second-order valence-corrected chi connectivity index (χ2v) is 7.29. The molecule has 0 unspecified atom stereocenters. The Labute approximate surface area is 165 Å². The molecular formula is C22H25N3O3. The third kappa shape index (κ3) is 3.68. The fourth-order valence-electron chi connectivity index (χ4n) is 3.65. The number of para-hydroxylation sites is 1. The Morgan fingerprint density at radius 3 is 2.71 bits per heavy atom. The summed E-state index contributed by atoms with van der Waals surface area (Å²) in [7, 11) is 1.66. The van der Waals surface area contributed by atoms with Crippen molar-refractivity contribution in [2.45, 2.75) is 25.4 Å².